The third-order valence-corrected chi connectivity index (χ3v) is 3.11. The van der Waals surface area contributed by atoms with Crippen molar-refractivity contribution in [1.29, 1.82) is 0 Å². The second-order valence-electron chi connectivity index (χ2n) is 4.62. The molecule has 20 heavy (non-hydrogen) atoms. The van der Waals surface area contributed by atoms with E-state index in [0.717, 1.165) is 12.8 Å². The van der Waals surface area contributed by atoms with Gasteiger partial charge in [0.1, 0.15) is 5.76 Å². The largest absolute Gasteiger partial charge is 0.467 e. The van der Waals surface area contributed by atoms with Crippen molar-refractivity contribution in [1.82, 2.24) is 4.90 Å². The molecule has 110 valence electrons. The second kappa shape index (κ2) is 7.09. The highest BCUT2D eigenvalue weighted by atomic mass is 16.5. The lowest BCUT2D eigenvalue weighted by Gasteiger charge is -2.23. The van der Waals surface area contributed by atoms with Gasteiger partial charge in [-0.05, 0) is 31.9 Å². The fourth-order valence-corrected chi connectivity index (χ4v) is 2.17. The minimum absolute atomic E-state index is 0.0247. The monoisotopic (exact) mass is 281 g/mol. The fourth-order valence-electron chi connectivity index (χ4n) is 2.17. The first-order chi connectivity index (χ1) is 9.70. The van der Waals surface area contributed by atoms with E-state index in [-0.39, 0.29) is 19.3 Å². The summed E-state index contributed by atoms with van der Waals surface area (Å²) >= 11 is 0. The molecule has 6 heteroatoms. The molecule has 0 aliphatic carbocycles. The van der Waals surface area contributed by atoms with Gasteiger partial charge in [0.15, 0.2) is 0 Å². The zero-order chi connectivity index (χ0) is 14.4. The van der Waals surface area contributed by atoms with Crippen LogP contribution < -0.4 is 0 Å². The maximum atomic E-state index is 12.1. The van der Waals surface area contributed by atoms with E-state index in [9.17, 15) is 9.59 Å². The van der Waals surface area contributed by atoms with Crippen molar-refractivity contribution < 1.29 is 23.5 Å². The van der Waals surface area contributed by atoms with Crippen molar-refractivity contribution in [3.8, 4) is 0 Å². The molecule has 1 aliphatic rings. The summed E-state index contributed by atoms with van der Waals surface area (Å²) in [6.45, 7) is 3.16. The predicted octanol–water partition coefficient (Wildman–Crippen LogP) is 1.35. The molecule has 0 bridgehead atoms. The molecule has 1 unspecified atom stereocenters. The van der Waals surface area contributed by atoms with E-state index >= 15 is 0 Å². The average molecular weight is 281 g/mol. The highest BCUT2D eigenvalue weighted by Gasteiger charge is 2.28. The van der Waals surface area contributed by atoms with E-state index in [1.165, 1.54) is 11.2 Å². The summed E-state index contributed by atoms with van der Waals surface area (Å²) in [5, 5.41) is 0. The third-order valence-electron chi connectivity index (χ3n) is 3.11. The molecule has 1 aliphatic heterocycles. The van der Waals surface area contributed by atoms with E-state index in [4.69, 9.17) is 13.9 Å². The van der Waals surface area contributed by atoms with Gasteiger partial charge in [0.25, 0.3) is 0 Å². The summed E-state index contributed by atoms with van der Waals surface area (Å²) in [5.41, 5.74) is 0. The van der Waals surface area contributed by atoms with Gasteiger partial charge in [0.05, 0.1) is 25.5 Å². The molecule has 0 N–H and O–H groups in total. The van der Waals surface area contributed by atoms with Gasteiger partial charge >= 0.3 is 11.9 Å². The molecule has 6 nitrogen and oxygen atoms in total. The predicted molar refractivity (Wildman–Crippen MR) is 69.7 cm³/mol. The highest BCUT2D eigenvalue weighted by molar-refractivity contribution is 6.32. The van der Waals surface area contributed by atoms with Crippen LogP contribution in [0.15, 0.2) is 22.8 Å². The van der Waals surface area contributed by atoms with Crippen LogP contribution in [-0.4, -0.2) is 42.6 Å². The van der Waals surface area contributed by atoms with Crippen LogP contribution in [0.2, 0.25) is 0 Å². The standard InChI is InChI=1S/C14H19NO5/c1-2-18-14(17)13(16)15(9-11-5-3-7-19-11)10-12-6-4-8-20-12/h3,5,7,12H,2,4,6,8-10H2,1H3. The first-order valence-electron chi connectivity index (χ1n) is 6.80. The molecule has 1 fully saturated rings. The molecular formula is C14H19NO5. The van der Waals surface area contributed by atoms with Gasteiger partial charge in [0.2, 0.25) is 0 Å². The Balaban J connectivity index is 2.01. The fraction of sp³-hybridized carbons (Fsp3) is 0.571. The molecule has 1 atom stereocenters. The lowest BCUT2D eigenvalue weighted by atomic mass is 10.2. The van der Waals surface area contributed by atoms with Gasteiger partial charge < -0.3 is 18.8 Å². The number of amides is 1. The van der Waals surface area contributed by atoms with Crippen LogP contribution >= 0.6 is 0 Å². The number of ether oxygens (including phenoxy) is 2. The van der Waals surface area contributed by atoms with E-state index in [0.29, 0.717) is 18.9 Å². The Morgan fingerprint density at radius 1 is 1.50 bits per heavy atom. The van der Waals surface area contributed by atoms with Crippen LogP contribution in [0.4, 0.5) is 0 Å². The first-order valence-corrected chi connectivity index (χ1v) is 6.80. The molecule has 0 aromatic carbocycles. The van der Waals surface area contributed by atoms with Gasteiger partial charge in [-0.25, -0.2) is 4.79 Å². The second-order valence-corrected chi connectivity index (χ2v) is 4.62. The number of esters is 1. The summed E-state index contributed by atoms with van der Waals surface area (Å²) in [5.74, 6) is -0.864. The van der Waals surface area contributed by atoms with Gasteiger partial charge in [-0.3, -0.25) is 4.79 Å². The Labute approximate surface area is 117 Å². The van der Waals surface area contributed by atoms with E-state index in [1.807, 2.05) is 0 Å². The Kier molecular flexibility index (Phi) is 5.17. The summed E-state index contributed by atoms with van der Waals surface area (Å²) in [4.78, 5) is 25.1. The Bertz CT molecular complexity index is 436. The quantitative estimate of drug-likeness (QED) is 0.602. The third kappa shape index (κ3) is 3.84. The summed E-state index contributed by atoms with van der Waals surface area (Å²) in [6, 6.07) is 3.51. The number of carbonyl (C=O) groups excluding carboxylic acids is 2. The smallest absolute Gasteiger partial charge is 0.397 e. The SMILES string of the molecule is CCOC(=O)C(=O)N(Cc1ccco1)CC1CCCO1. The molecule has 0 saturated carbocycles. The van der Waals surface area contributed by atoms with E-state index < -0.39 is 11.9 Å². The number of rotatable bonds is 5. The maximum absolute atomic E-state index is 12.1. The average Bonchev–Trinajstić information content (AvgIpc) is 3.10. The van der Waals surface area contributed by atoms with Gasteiger partial charge in [-0.2, -0.15) is 0 Å². The topological polar surface area (TPSA) is 69.0 Å². The van der Waals surface area contributed by atoms with Gasteiger partial charge in [-0.1, -0.05) is 0 Å². The normalized spacial score (nSPS) is 17.9. The number of nitrogens with zero attached hydrogens (tertiary/aromatic N) is 1. The van der Waals surface area contributed by atoms with Crippen LogP contribution in [0.25, 0.3) is 0 Å². The zero-order valence-corrected chi connectivity index (χ0v) is 11.5. The van der Waals surface area contributed by atoms with Crippen molar-refractivity contribution >= 4 is 11.9 Å². The van der Waals surface area contributed by atoms with Crippen molar-refractivity contribution in [2.24, 2.45) is 0 Å². The van der Waals surface area contributed by atoms with Crippen LogP contribution in [0.1, 0.15) is 25.5 Å². The lowest BCUT2D eigenvalue weighted by molar-refractivity contribution is -0.161. The Morgan fingerprint density at radius 2 is 2.35 bits per heavy atom. The minimum Gasteiger partial charge on any atom is -0.467 e. The molecule has 1 aromatic rings. The summed E-state index contributed by atoms with van der Waals surface area (Å²) in [7, 11) is 0. The van der Waals surface area contributed by atoms with Gasteiger partial charge in [-0.15, -0.1) is 0 Å². The molecule has 1 aromatic heterocycles. The molecule has 1 amide bonds. The van der Waals surface area contributed by atoms with Crippen molar-refractivity contribution in [3.63, 3.8) is 0 Å². The number of hydrogen-bond acceptors (Lipinski definition) is 5. The van der Waals surface area contributed by atoms with Crippen LogP contribution in [0.5, 0.6) is 0 Å². The number of hydrogen-bond donors (Lipinski definition) is 0. The molecule has 1 saturated heterocycles. The summed E-state index contributed by atoms with van der Waals surface area (Å²) < 4.78 is 15.5. The van der Waals surface area contributed by atoms with Crippen LogP contribution in [0, 0.1) is 0 Å². The molecule has 0 radical (unpaired) electrons. The number of carbonyl (C=O) groups is 2. The van der Waals surface area contributed by atoms with Crippen molar-refractivity contribution in [2.75, 3.05) is 19.8 Å². The van der Waals surface area contributed by atoms with Crippen molar-refractivity contribution in [3.05, 3.63) is 24.2 Å². The van der Waals surface area contributed by atoms with E-state index in [2.05, 4.69) is 0 Å². The van der Waals surface area contributed by atoms with Crippen molar-refractivity contribution in [2.45, 2.75) is 32.4 Å². The molecule has 2 heterocycles. The van der Waals surface area contributed by atoms with Crippen LogP contribution in [-0.2, 0) is 25.6 Å². The maximum Gasteiger partial charge on any atom is 0.397 e. The summed E-state index contributed by atoms with van der Waals surface area (Å²) in [6.07, 6.45) is 3.38. The van der Waals surface area contributed by atoms with Gasteiger partial charge in [0, 0.05) is 13.2 Å². The lowest BCUT2D eigenvalue weighted by Crippen LogP contribution is -2.41. The molecule has 2 rings (SSSR count). The first kappa shape index (κ1) is 14.6. The van der Waals surface area contributed by atoms with E-state index in [1.54, 1.807) is 19.1 Å². The zero-order valence-electron chi connectivity index (χ0n) is 11.5. The minimum atomic E-state index is -0.836. The Hall–Kier alpha value is -1.82. The molecular weight excluding hydrogens is 262 g/mol. The number of furan rings is 1. The highest BCUT2D eigenvalue weighted by Crippen LogP contribution is 2.15. The molecule has 0 spiro atoms. The van der Waals surface area contributed by atoms with Crippen LogP contribution in [0.3, 0.4) is 0 Å². The Morgan fingerprint density at radius 3 is 2.95 bits per heavy atom.